The third kappa shape index (κ3) is 3.83. The van der Waals surface area contributed by atoms with E-state index in [1.54, 1.807) is 28.4 Å². The lowest BCUT2D eigenvalue weighted by atomic mass is 10.2. The van der Waals surface area contributed by atoms with Gasteiger partial charge in [-0.05, 0) is 23.6 Å². The van der Waals surface area contributed by atoms with Crippen LogP contribution in [0.5, 0.6) is 11.5 Å². The molecule has 0 saturated heterocycles. The SMILES string of the molecule is O=C(Cc1cccs1)Nc1cnn(CC2COc3ccccc3O2)c1. The molecule has 1 aliphatic heterocycles. The van der Waals surface area contributed by atoms with Crippen LogP contribution in [0.3, 0.4) is 0 Å². The minimum atomic E-state index is -0.121. The molecule has 128 valence electrons. The second-order valence-corrected chi connectivity index (χ2v) is 6.79. The first-order chi connectivity index (χ1) is 12.3. The molecule has 1 atom stereocenters. The Bertz CT molecular complexity index is 860. The first kappa shape index (κ1) is 15.7. The molecule has 1 unspecified atom stereocenters. The van der Waals surface area contributed by atoms with Crippen molar-refractivity contribution in [2.45, 2.75) is 19.1 Å². The van der Waals surface area contributed by atoms with Crippen LogP contribution in [0.4, 0.5) is 5.69 Å². The number of hydrogen-bond donors (Lipinski definition) is 1. The Kier molecular flexibility index (Phi) is 4.39. The van der Waals surface area contributed by atoms with Crippen molar-refractivity contribution < 1.29 is 14.3 Å². The highest BCUT2D eigenvalue weighted by Gasteiger charge is 2.21. The van der Waals surface area contributed by atoms with Gasteiger partial charge in [-0.15, -0.1) is 11.3 Å². The standard InChI is InChI=1S/C18H17N3O3S/c22-18(8-15-4-3-7-25-15)20-13-9-19-21(10-13)11-14-12-23-16-5-1-2-6-17(16)24-14/h1-7,9-10,14H,8,11-12H2,(H,20,22). The predicted molar refractivity (Wildman–Crippen MR) is 95.2 cm³/mol. The number of benzene rings is 1. The van der Waals surface area contributed by atoms with E-state index in [-0.39, 0.29) is 12.0 Å². The van der Waals surface area contributed by atoms with Crippen molar-refractivity contribution in [3.8, 4) is 11.5 Å². The van der Waals surface area contributed by atoms with Gasteiger partial charge in [0, 0.05) is 11.1 Å². The molecule has 0 fully saturated rings. The van der Waals surface area contributed by atoms with Gasteiger partial charge in [0.2, 0.25) is 5.91 Å². The van der Waals surface area contributed by atoms with Crippen molar-refractivity contribution in [1.82, 2.24) is 9.78 Å². The molecule has 4 rings (SSSR count). The zero-order chi connectivity index (χ0) is 17.1. The van der Waals surface area contributed by atoms with E-state index >= 15 is 0 Å². The summed E-state index contributed by atoms with van der Waals surface area (Å²) in [6.07, 6.45) is 3.70. The van der Waals surface area contributed by atoms with Gasteiger partial charge in [0.1, 0.15) is 6.61 Å². The number of ether oxygens (including phenoxy) is 2. The molecule has 3 heterocycles. The topological polar surface area (TPSA) is 65.4 Å². The van der Waals surface area contributed by atoms with E-state index in [0.717, 1.165) is 16.4 Å². The van der Waals surface area contributed by atoms with Crippen LogP contribution in [0, 0.1) is 0 Å². The fourth-order valence-electron chi connectivity index (χ4n) is 2.67. The van der Waals surface area contributed by atoms with E-state index in [0.29, 0.717) is 25.3 Å². The van der Waals surface area contributed by atoms with Gasteiger partial charge in [-0.1, -0.05) is 18.2 Å². The normalized spacial score (nSPS) is 15.8. The summed E-state index contributed by atoms with van der Waals surface area (Å²) in [6, 6.07) is 11.5. The molecule has 0 bridgehead atoms. The Labute approximate surface area is 149 Å². The van der Waals surface area contributed by atoms with Gasteiger partial charge in [-0.3, -0.25) is 9.48 Å². The number of aromatic nitrogens is 2. The minimum absolute atomic E-state index is 0.0480. The van der Waals surface area contributed by atoms with Crippen LogP contribution in [-0.4, -0.2) is 28.4 Å². The van der Waals surface area contributed by atoms with E-state index in [1.165, 1.54) is 0 Å². The lowest BCUT2D eigenvalue weighted by Crippen LogP contribution is -2.33. The summed E-state index contributed by atoms with van der Waals surface area (Å²) in [5.41, 5.74) is 0.679. The van der Waals surface area contributed by atoms with Crippen LogP contribution in [0.2, 0.25) is 0 Å². The maximum atomic E-state index is 12.0. The smallest absolute Gasteiger partial charge is 0.229 e. The second-order valence-electron chi connectivity index (χ2n) is 5.75. The zero-order valence-corrected chi connectivity index (χ0v) is 14.2. The number of nitrogens with zero attached hydrogens (tertiary/aromatic N) is 2. The van der Waals surface area contributed by atoms with E-state index in [1.807, 2.05) is 41.8 Å². The molecule has 0 saturated carbocycles. The fraction of sp³-hybridized carbons (Fsp3) is 0.222. The molecule has 0 radical (unpaired) electrons. The molecule has 25 heavy (non-hydrogen) atoms. The van der Waals surface area contributed by atoms with E-state index in [4.69, 9.17) is 9.47 Å². The average Bonchev–Trinajstić information content (AvgIpc) is 3.27. The van der Waals surface area contributed by atoms with Gasteiger partial charge < -0.3 is 14.8 Å². The highest BCUT2D eigenvalue weighted by atomic mass is 32.1. The Morgan fingerprint density at radius 1 is 1.28 bits per heavy atom. The minimum Gasteiger partial charge on any atom is -0.486 e. The average molecular weight is 355 g/mol. The number of thiophene rings is 1. The summed E-state index contributed by atoms with van der Waals surface area (Å²) in [7, 11) is 0. The molecule has 1 aromatic carbocycles. The number of anilines is 1. The molecule has 0 aliphatic carbocycles. The highest BCUT2D eigenvalue weighted by molar-refractivity contribution is 7.10. The highest BCUT2D eigenvalue weighted by Crippen LogP contribution is 2.31. The van der Waals surface area contributed by atoms with Crippen LogP contribution >= 0.6 is 11.3 Å². The van der Waals surface area contributed by atoms with Gasteiger partial charge in [0.25, 0.3) is 0 Å². The summed E-state index contributed by atoms with van der Waals surface area (Å²) in [5.74, 6) is 1.46. The van der Waals surface area contributed by atoms with E-state index < -0.39 is 0 Å². The molecule has 1 amide bonds. The molecule has 1 N–H and O–H groups in total. The molecule has 3 aromatic rings. The molecule has 0 spiro atoms. The summed E-state index contributed by atoms with van der Waals surface area (Å²) >= 11 is 1.57. The number of carbonyl (C=O) groups is 1. The van der Waals surface area contributed by atoms with Crippen LogP contribution in [0.1, 0.15) is 4.88 Å². The first-order valence-electron chi connectivity index (χ1n) is 7.99. The van der Waals surface area contributed by atoms with Crippen molar-refractivity contribution >= 4 is 22.9 Å². The zero-order valence-electron chi connectivity index (χ0n) is 13.4. The number of amides is 1. The molecular formula is C18H17N3O3S. The van der Waals surface area contributed by atoms with Crippen molar-refractivity contribution in [2.75, 3.05) is 11.9 Å². The number of para-hydroxylation sites is 2. The van der Waals surface area contributed by atoms with Gasteiger partial charge in [0.15, 0.2) is 17.6 Å². The fourth-order valence-corrected chi connectivity index (χ4v) is 3.37. The molecule has 6 nitrogen and oxygen atoms in total. The van der Waals surface area contributed by atoms with Gasteiger partial charge in [-0.25, -0.2) is 0 Å². The van der Waals surface area contributed by atoms with Gasteiger partial charge in [-0.2, -0.15) is 5.10 Å². The lowest BCUT2D eigenvalue weighted by molar-refractivity contribution is -0.115. The lowest BCUT2D eigenvalue weighted by Gasteiger charge is -2.26. The van der Waals surface area contributed by atoms with Crippen molar-refractivity contribution in [3.63, 3.8) is 0 Å². The monoisotopic (exact) mass is 355 g/mol. The van der Waals surface area contributed by atoms with Crippen molar-refractivity contribution in [3.05, 3.63) is 59.0 Å². The Hall–Kier alpha value is -2.80. The third-order valence-electron chi connectivity index (χ3n) is 3.79. The quantitative estimate of drug-likeness (QED) is 0.764. The van der Waals surface area contributed by atoms with E-state index in [2.05, 4.69) is 10.4 Å². The van der Waals surface area contributed by atoms with Crippen molar-refractivity contribution in [2.24, 2.45) is 0 Å². The summed E-state index contributed by atoms with van der Waals surface area (Å²) < 4.78 is 13.4. The van der Waals surface area contributed by atoms with Gasteiger partial charge in [0.05, 0.1) is 24.8 Å². The predicted octanol–water partition coefficient (Wildman–Crippen LogP) is 2.97. The summed E-state index contributed by atoms with van der Waals surface area (Å²) in [5, 5.41) is 9.11. The first-order valence-corrected chi connectivity index (χ1v) is 8.87. The summed E-state index contributed by atoms with van der Waals surface area (Å²) in [4.78, 5) is 13.1. The number of fused-ring (bicyclic) bond motifs is 1. The number of rotatable bonds is 5. The Morgan fingerprint density at radius 3 is 3.00 bits per heavy atom. The summed E-state index contributed by atoms with van der Waals surface area (Å²) in [6.45, 7) is 1.02. The largest absolute Gasteiger partial charge is 0.486 e. The Balaban J connectivity index is 1.33. The number of carbonyl (C=O) groups excluding carboxylic acids is 1. The molecule has 7 heteroatoms. The maximum absolute atomic E-state index is 12.0. The molecule has 2 aromatic heterocycles. The Morgan fingerprint density at radius 2 is 2.16 bits per heavy atom. The van der Waals surface area contributed by atoms with E-state index in [9.17, 15) is 4.79 Å². The van der Waals surface area contributed by atoms with Crippen molar-refractivity contribution in [1.29, 1.82) is 0 Å². The molecular weight excluding hydrogens is 338 g/mol. The van der Waals surface area contributed by atoms with Crippen LogP contribution in [0.15, 0.2) is 54.2 Å². The van der Waals surface area contributed by atoms with Gasteiger partial charge >= 0.3 is 0 Å². The number of nitrogens with one attached hydrogen (secondary N) is 1. The van der Waals surface area contributed by atoms with Crippen LogP contribution in [-0.2, 0) is 17.8 Å². The third-order valence-corrected chi connectivity index (χ3v) is 4.67. The number of hydrogen-bond acceptors (Lipinski definition) is 5. The maximum Gasteiger partial charge on any atom is 0.229 e. The molecule has 1 aliphatic rings. The second kappa shape index (κ2) is 6.98. The van der Waals surface area contributed by atoms with Crippen LogP contribution in [0.25, 0.3) is 0 Å². The van der Waals surface area contributed by atoms with Crippen LogP contribution < -0.4 is 14.8 Å².